The first-order valence-corrected chi connectivity index (χ1v) is 11.7. The van der Waals surface area contributed by atoms with Crippen molar-refractivity contribution < 1.29 is 38.3 Å². The number of carbonyl (C=O) groups is 3. The minimum atomic E-state index is -0.689. The molecule has 3 aromatic rings. The van der Waals surface area contributed by atoms with Crippen LogP contribution in [0.1, 0.15) is 32.7 Å². The van der Waals surface area contributed by atoms with Gasteiger partial charge in [-0.2, -0.15) is 5.10 Å². The molecule has 0 bridgehead atoms. The highest BCUT2D eigenvalue weighted by Crippen LogP contribution is 2.38. The molecule has 40 heavy (non-hydrogen) atoms. The standard InChI is InChI=1S/C27H26N4O9/c1-37-22-14-19(15-23(38-2)25(22)39-3)26(33)28-12-11-24(32)30-29-16-17-5-4-6-21(13-17)40-27(34)18-7-9-20(10-8-18)31(35)36/h4-10,13-16H,11-12H2,1-3H3,(H,28,33)(H,30,32). The maximum atomic E-state index is 12.5. The number of hydrazone groups is 1. The van der Waals surface area contributed by atoms with E-state index in [2.05, 4.69) is 15.8 Å². The minimum absolute atomic E-state index is 0.0413. The smallest absolute Gasteiger partial charge is 0.343 e. The Morgan fingerprint density at radius 2 is 1.60 bits per heavy atom. The number of rotatable bonds is 12. The van der Waals surface area contributed by atoms with Crippen LogP contribution in [0.4, 0.5) is 5.69 Å². The number of esters is 1. The lowest BCUT2D eigenvalue weighted by Gasteiger charge is -2.14. The number of amides is 2. The van der Waals surface area contributed by atoms with Gasteiger partial charge in [-0.05, 0) is 42.0 Å². The number of nitrogens with zero attached hydrogens (tertiary/aromatic N) is 2. The van der Waals surface area contributed by atoms with Gasteiger partial charge in [0.15, 0.2) is 11.5 Å². The van der Waals surface area contributed by atoms with E-state index in [1.165, 1.54) is 70.0 Å². The minimum Gasteiger partial charge on any atom is -0.493 e. The van der Waals surface area contributed by atoms with Crippen molar-refractivity contribution in [3.63, 3.8) is 0 Å². The molecule has 2 amide bonds. The summed E-state index contributed by atoms with van der Waals surface area (Å²) in [6, 6.07) is 14.4. The summed E-state index contributed by atoms with van der Waals surface area (Å²) in [5.74, 6) is -0.350. The van der Waals surface area contributed by atoms with Crippen molar-refractivity contribution >= 4 is 29.7 Å². The van der Waals surface area contributed by atoms with Gasteiger partial charge in [0.25, 0.3) is 11.6 Å². The molecule has 2 N–H and O–H groups in total. The number of nitrogens with one attached hydrogen (secondary N) is 2. The fourth-order valence-electron chi connectivity index (χ4n) is 3.38. The molecular weight excluding hydrogens is 524 g/mol. The Morgan fingerprint density at radius 1 is 0.925 bits per heavy atom. The van der Waals surface area contributed by atoms with Gasteiger partial charge in [0.1, 0.15) is 5.75 Å². The van der Waals surface area contributed by atoms with E-state index in [0.717, 1.165) is 0 Å². The third-order valence-electron chi connectivity index (χ3n) is 5.35. The number of hydrogen-bond donors (Lipinski definition) is 2. The highest BCUT2D eigenvalue weighted by Gasteiger charge is 2.17. The van der Waals surface area contributed by atoms with E-state index in [-0.39, 0.29) is 35.5 Å². The summed E-state index contributed by atoms with van der Waals surface area (Å²) in [6.07, 6.45) is 1.32. The molecule has 0 aromatic heterocycles. The molecule has 0 fully saturated rings. The van der Waals surface area contributed by atoms with Crippen molar-refractivity contribution in [3.8, 4) is 23.0 Å². The summed E-state index contributed by atoms with van der Waals surface area (Å²) in [6.45, 7) is 0.0466. The monoisotopic (exact) mass is 550 g/mol. The van der Waals surface area contributed by atoms with Crippen molar-refractivity contribution in [3.05, 3.63) is 87.5 Å². The molecule has 0 heterocycles. The zero-order valence-corrected chi connectivity index (χ0v) is 21.8. The fraction of sp³-hybridized carbons (Fsp3) is 0.185. The SMILES string of the molecule is COc1cc(C(=O)NCCC(=O)NN=Cc2cccc(OC(=O)c3ccc([N+](=O)[O-])cc3)c2)cc(OC)c1OC. The predicted octanol–water partition coefficient (Wildman–Crippen LogP) is 3.11. The maximum absolute atomic E-state index is 12.5. The maximum Gasteiger partial charge on any atom is 0.343 e. The van der Waals surface area contributed by atoms with Gasteiger partial charge < -0.3 is 24.3 Å². The van der Waals surface area contributed by atoms with Crippen molar-refractivity contribution in [2.75, 3.05) is 27.9 Å². The molecule has 0 aliphatic rings. The average molecular weight is 551 g/mol. The van der Waals surface area contributed by atoms with Gasteiger partial charge in [0, 0.05) is 30.7 Å². The molecule has 0 unspecified atom stereocenters. The number of methoxy groups -OCH3 is 3. The Kier molecular flexibility index (Phi) is 10.1. The van der Waals surface area contributed by atoms with Gasteiger partial charge in [0.2, 0.25) is 11.7 Å². The number of carbonyl (C=O) groups excluding carboxylic acids is 3. The molecule has 3 aromatic carbocycles. The summed E-state index contributed by atoms with van der Waals surface area (Å²) in [5, 5.41) is 17.3. The number of ether oxygens (including phenoxy) is 4. The van der Waals surface area contributed by atoms with Crippen LogP contribution in [0.3, 0.4) is 0 Å². The molecule has 3 rings (SSSR count). The molecule has 0 spiro atoms. The lowest BCUT2D eigenvalue weighted by molar-refractivity contribution is -0.384. The van der Waals surface area contributed by atoms with Crippen LogP contribution in [-0.4, -0.2) is 56.8 Å². The van der Waals surface area contributed by atoms with Gasteiger partial charge >= 0.3 is 5.97 Å². The topological polar surface area (TPSA) is 168 Å². The highest BCUT2D eigenvalue weighted by atomic mass is 16.6. The van der Waals surface area contributed by atoms with E-state index in [9.17, 15) is 24.5 Å². The molecule has 0 radical (unpaired) electrons. The van der Waals surface area contributed by atoms with Crippen LogP contribution >= 0.6 is 0 Å². The van der Waals surface area contributed by atoms with Crippen molar-refractivity contribution in [1.82, 2.24) is 10.7 Å². The quantitative estimate of drug-likeness (QED) is 0.113. The van der Waals surface area contributed by atoms with E-state index in [0.29, 0.717) is 22.8 Å². The largest absolute Gasteiger partial charge is 0.493 e. The van der Waals surface area contributed by atoms with Gasteiger partial charge in [-0.3, -0.25) is 19.7 Å². The van der Waals surface area contributed by atoms with Crippen LogP contribution in [0.15, 0.2) is 65.8 Å². The summed E-state index contributed by atoms with van der Waals surface area (Å²) in [5.41, 5.74) is 3.16. The highest BCUT2D eigenvalue weighted by molar-refractivity contribution is 5.96. The number of nitro benzene ring substituents is 1. The molecule has 0 saturated carbocycles. The first kappa shape index (κ1) is 29.1. The van der Waals surface area contributed by atoms with Gasteiger partial charge in [-0.15, -0.1) is 0 Å². The zero-order chi connectivity index (χ0) is 29.1. The molecule has 13 heteroatoms. The normalized spacial score (nSPS) is 10.5. The average Bonchev–Trinajstić information content (AvgIpc) is 2.96. The summed E-state index contributed by atoms with van der Waals surface area (Å²) < 4.78 is 21.0. The Labute approximate surface area is 228 Å². The van der Waals surface area contributed by atoms with E-state index in [1.54, 1.807) is 18.2 Å². The molecule has 0 atom stereocenters. The number of non-ortho nitro benzene ring substituents is 1. The number of benzene rings is 3. The second-order valence-electron chi connectivity index (χ2n) is 7.98. The van der Waals surface area contributed by atoms with E-state index in [1.807, 2.05) is 0 Å². The van der Waals surface area contributed by atoms with Crippen LogP contribution in [-0.2, 0) is 4.79 Å². The van der Waals surface area contributed by atoms with E-state index >= 15 is 0 Å². The molecule has 0 saturated heterocycles. The van der Waals surface area contributed by atoms with Crippen LogP contribution < -0.4 is 29.7 Å². The molecule has 0 aliphatic carbocycles. The van der Waals surface area contributed by atoms with Gasteiger partial charge in [-0.25, -0.2) is 10.2 Å². The molecule has 208 valence electrons. The Hall–Kier alpha value is -5.46. The van der Waals surface area contributed by atoms with Gasteiger partial charge in [0.05, 0.1) is 38.0 Å². The second kappa shape index (κ2) is 13.9. The Balaban J connectivity index is 1.49. The first-order chi connectivity index (χ1) is 19.2. The van der Waals surface area contributed by atoms with E-state index in [4.69, 9.17) is 18.9 Å². The predicted molar refractivity (Wildman–Crippen MR) is 143 cm³/mol. The van der Waals surface area contributed by atoms with Crippen molar-refractivity contribution in [1.29, 1.82) is 0 Å². The van der Waals surface area contributed by atoms with Crippen LogP contribution in [0.25, 0.3) is 0 Å². The summed E-state index contributed by atoms with van der Waals surface area (Å²) in [7, 11) is 4.33. The number of nitro groups is 1. The molecule has 13 nitrogen and oxygen atoms in total. The van der Waals surface area contributed by atoms with Crippen LogP contribution in [0, 0.1) is 10.1 Å². The first-order valence-electron chi connectivity index (χ1n) is 11.7. The van der Waals surface area contributed by atoms with Crippen LogP contribution in [0.5, 0.6) is 23.0 Å². The van der Waals surface area contributed by atoms with E-state index < -0.39 is 22.7 Å². The summed E-state index contributed by atoms with van der Waals surface area (Å²) >= 11 is 0. The third-order valence-corrected chi connectivity index (χ3v) is 5.35. The van der Waals surface area contributed by atoms with Crippen molar-refractivity contribution in [2.45, 2.75) is 6.42 Å². The van der Waals surface area contributed by atoms with Gasteiger partial charge in [-0.1, -0.05) is 12.1 Å². The van der Waals surface area contributed by atoms with Crippen molar-refractivity contribution in [2.24, 2.45) is 5.10 Å². The zero-order valence-electron chi connectivity index (χ0n) is 21.8. The second-order valence-corrected chi connectivity index (χ2v) is 7.98. The fourth-order valence-corrected chi connectivity index (χ4v) is 3.38. The van der Waals surface area contributed by atoms with Crippen LogP contribution in [0.2, 0.25) is 0 Å². The lowest BCUT2D eigenvalue weighted by atomic mass is 10.1. The third kappa shape index (κ3) is 7.77. The summed E-state index contributed by atoms with van der Waals surface area (Å²) in [4.78, 5) is 47.1. The lowest BCUT2D eigenvalue weighted by Crippen LogP contribution is -2.29. The number of hydrogen-bond acceptors (Lipinski definition) is 10. The molecule has 0 aliphatic heterocycles. The Morgan fingerprint density at radius 3 is 2.20 bits per heavy atom. The molecular formula is C27H26N4O9. The Bertz CT molecular complexity index is 1400.